The summed E-state index contributed by atoms with van der Waals surface area (Å²) in [6, 6.07) is 11.7. The third-order valence-corrected chi connectivity index (χ3v) is 5.41. The highest BCUT2D eigenvalue weighted by atomic mass is 35.5. The molecule has 0 unspecified atom stereocenters. The van der Waals surface area contributed by atoms with Gasteiger partial charge in [-0.15, -0.1) is 0 Å². The summed E-state index contributed by atoms with van der Waals surface area (Å²) in [6.07, 6.45) is -0.0989. The van der Waals surface area contributed by atoms with Gasteiger partial charge in [-0.25, -0.2) is 8.42 Å². The molecule has 0 bridgehead atoms. The van der Waals surface area contributed by atoms with Crippen LogP contribution in [-0.4, -0.2) is 20.1 Å². The lowest BCUT2D eigenvalue weighted by atomic mass is 10.2. The molecule has 0 atom stereocenters. The Labute approximate surface area is 141 Å². The van der Waals surface area contributed by atoms with E-state index < -0.39 is 9.84 Å². The van der Waals surface area contributed by atoms with Gasteiger partial charge in [0.25, 0.3) is 0 Å². The number of benzene rings is 2. The van der Waals surface area contributed by atoms with E-state index in [9.17, 15) is 13.2 Å². The second kappa shape index (κ2) is 7.15. The molecule has 4 nitrogen and oxygen atoms in total. The molecule has 0 aliphatic heterocycles. The van der Waals surface area contributed by atoms with Crippen LogP contribution in [0.3, 0.4) is 0 Å². The fraction of sp³-hybridized carbons (Fsp3) is 0.235. The van der Waals surface area contributed by atoms with Crippen molar-refractivity contribution >= 4 is 33.0 Å². The van der Waals surface area contributed by atoms with Crippen LogP contribution in [0.4, 0.5) is 5.69 Å². The van der Waals surface area contributed by atoms with E-state index >= 15 is 0 Å². The van der Waals surface area contributed by atoms with Crippen molar-refractivity contribution in [1.82, 2.24) is 0 Å². The molecule has 0 fully saturated rings. The van der Waals surface area contributed by atoms with Crippen molar-refractivity contribution in [3.05, 3.63) is 58.6 Å². The number of amides is 1. The minimum absolute atomic E-state index is 0.0989. The highest BCUT2D eigenvalue weighted by Crippen LogP contribution is 2.20. The van der Waals surface area contributed by atoms with Gasteiger partial charge >= 0.3 is 0 Å². The average Bonchev–Trinajstić information content (AvgIpc) is 2.49. The van der Waals surface area contributed by atoms with Gasteiger partial charge in [0.15, 0.2) is 9.84 Å². The van der Waals surface area contributed by atoms with E-state index in [2.05, 4.69) is 5.32 Å². The molecule has 122 valence electrons. The van der Waals surface area contributed by atoms with E-state index in [4.69, 9.17) is 11.6 Å². The predicted octanol–water partition coefficient (Wildman–Crippen LogP) is 3.76. The molecule has 1 N–H and O–H groups in total. The van der Waals surface area contributed by atoms with Gasteiger partial charge in [0, 0.05) is 17.1 Å². The average molecular weight is 352 g/mol. The Balaban J connectivity index is 1.99. The number of rotatable bonds is 5. The number of carbonyl (C=O) groups is 1. The Kier molecular flexibility index (Phi) is 5.44. The third kappa shape index (κ3) is 4.81. The molecule has 1 amide bonds. The van der Waals surface area contributed by atoms with E-state index in [0.29, 0.717) is 10.7 Å². The maximum absolute atomic E-state index is 12.2. The minimum atomic E-state index is -3.46. The number of hydrogen-bond acceptors (Lipinski definition) is 3. The minimum Gasteiger partial charge on any atom is -0.326 e. The topological polar surface area (TPSA) is 63.2 Å². The van der Waals surface area contributed by atoms with Crippen LogP contribution in [0.1, 0.15) is 17.5 Å². The molecule has 0 heterocycles. The highest BCUT2D eigenvalue weighted by Gasteiger charge is 2.16. The van der Waals surface area contributed by atoms with Crippen LogP contribution >= 0.6 is 11.6 Å². The van der Waals surface area contributed by atoms with Gasteiger partial charge in [0.2, 0.25) is 5.91 Å². The van der Waals surface area contributed by atoms with Gasteiger partial charge in [-0.05, 0) is 49.7 Å². The molecule has 6 heteroatoms. The SMILES string of the molecule is Cc1ccc(S(=O)(=O)CCC(=O)Nc2ccc(Cl)cc2C)cc1. The number of anilines is 1. The smallest absolute Gasteiger partial charge is 0.225 e. The summed E-state index contributed by atoms with van der Waals surface area (Å²) in [5.74, 6) is -0.569. The lowest BCUT2D eigenvalue weighted by Crippen LogP contribution is -2.18. The summed E-state index contributed by atoms with van der Waals surface area (Å²) in [7, 11) is -3.46. The molecule has 0 aromatic heterocycles. The molecule has 0 radical (unpaired) electrons. The first-order valence-corrected chi connectivity index (χ1v) is 9.16. The van der Waals surface area contributed by atoms with Crippen LogP contribution in [0.15, 0.2) is 47.4 Å². The number of sulfone groups is 1. The van der Waals surface area contributed by atoms with Crippen molar-refractivity contribution in [2.75, 3.05) is 11.1 Å². The van der Waals surface area contributed by atoms with Gasteiger partial charge in [-0.3, -0.25) is 4.79 Å². The van der Waals surface area contributed by atoms with Gasteiger partial charge < -0.3 is 5.32 Å². The molecule has 2 aromatic rings. The molecule has 0 saturated carbocycles. The second-order valence-electron chi connectivity index (χ2n) is 5.39. The Morgan fingerprint density at radius 3 is 2.35 bits per heavy atom. The van der Waals surface area contributed by atoms with Crippen LogP contribution in [-0.2, 0) is 14.6 Å². The molecule has 0 spiro atoms. The monoisotopic (exact) mass is 351 g/mol. The van der Waals surface area contributed by atoms with Crippen molar-refractivity contribution in [1.29, 1.82) is 0 Å². The molecule has 2 rings (SSSR count). The Morgan fingerprint density at radius 1 is 1.09 bits per heavy atom. The van der Waals surface area contributed by atoms with Crippen LogP contribution in [0.25, 0.3) is 0 Å². The molecule has 0 aliphatic rings. The van der Waals surface area contributed by atoms with Gasteiger partial charge in [0.05, 0.1) is 10.6 Å². The lowest BCUT2D eigenvalue weighted by molar-refractivity contribution is -0.115. The van der Waals surface area contributed by atoms with Crippen molar-refractivity contribution in [2.45, 2.75) is 25.2 Å². The zero-order valence-corrected chi connectivity index (χ0v) is 14.5. The number of hydrogen-bond donors (Lipinski definition) is 1. The van der Waals surface area contributed by atoms with Crippen LogP contribution < -0.4 is 5.32 Å². The Hall–Kier alpha value is -1.85. The highest BCUT2D eigenvalue weighted by molar-refractivity contribution is 7.91. The lowest BCUT2D eigenvalue weighted by Gasteiger charge is -2.09. The number of halogens is 1. The number of nitrogens with one attached hydrogen (secondary N) is 1. The van der Waals surface area contributed by atoms with Gasteiger partial charge in [0.1, 0.15) is 0 Å². The van der Waals surface area contributed by atoms with E-state index in [1.54, 1.807) is 42.5 Å². The molecule has 23 heavy (non-hydrogen) atoms. The maximum Gasteiger partial charge on any atom is 0.225 e. The summed E-state index contributed by atoms with van der Waals surface area (Å²) in [6.45, 7) is 3.71. The van der Waals surface area contributed by atoms with Crippen LogP contribution in [0.5, 0.6) is 0 Å². The second-order valence-corrected chi connectivity index (χ2v) is 7.93. The zero-order chi connectivity index (χ0) is 17.0. The van der Waals surface area contributed by atoms with Crippen molar-refractivity contribution in [2.24, 2.45) is 0 Å². The quantitative estimate of drug-likeness (QED) is 0.892. The van der Waals surface area contributed by atoms with Crippen molar-refractivity contribution in [3.63, 3.8) is 0 Å². The first-order valence-electron chi connectivity index (χ1n) is 7.13. The third-order valence-electron chi connectivity index (χ3n) is 3.44. The summed E-state index contributed by atoms with van der Waals surface area (Å²) >= 11 is 5.86. The van der Waals surface area contributed by atoms with Crippen molar-refractivity contribution in [3.8, 4) is 0 Å². The Bertz CT molecular complexity index is 814. The van der Waals surface area contributed by atoms with Crippen molar-refractivity contribution < 1.29 is 13.2 Å². The maximum atomic E-state index is 12.2. The number of carbonyl (C=O) groups excluding carboxylic acids is 1. The first-order chi connectivity index (χ1) is 10.8. The van der Waals surface area contributed by atoms with E-state index in [0.717, 1.165) is 11.1 Å². The molecule has 0 saturated heterocycles. The summed E-state index contributed by atoms with van der Waals surface area (Å²) in [5, 5.41) is 3.29. The molecular formula is C17H18ClNO3S. The largest absolute Gasteiger partial charge is 0.326 e. The molecule has 0 aliphatic carbocycles. The first kappa shape index (κ1) is 17.5. The fourth-order valence-corrected chi connectivity index (χ4v) is 3.54. The standard InChI is InChI=1S/C17H18ClNO3S/c1-12-3-6-15(7-4-12)23(21,22)10-9-17(20)19-16-8-5-14(18)11-13(16)2/h3-8,11H,9-10H2,1-2H3,(H,19,20). The van der Waals surface area contributed by atoms with E-state index in [1.807, 2.05) is 13.8 Å². The van der Waals surface area contributed by atoms with Crippen LogP contribution in [0.2, 0.25) is 5.02 Å². The van der Waals surface area contributed by atoms with Crippen LogP contribution in [0, 0.1) is 13.8 Å². The summed E-state index contributed by atoms with van der Waals surface area (Å²) in [4.78, 5) is 12.2. The fourth-order valence-electron chi connectivity index (χ4n) is 2.07. The molecule has 2 aromatic carbocycles. The predicted molar refractivity (Wildman–Crippen MR) is 92.7 cm³/mol. The number of aryl methyl sites for hydroxylation is 2. The normalized spacial score (nSPS) is 11.3. The molecular weight excluding hydrogens is 334 g/mol. The van der Waals surface area contributed by atoms with E-state index in [-0.39, 0.29) is 23.0 Å². The zero-order valence-electron chi connectivity index (χ0n) is 13.0. The summed E-state index contributed by atoms with van der Waals surface area (Å²) in [5.41, 5.74) is 2.44. The van der Waals surface area contributed by atoms with Gasteiger partial charge in [-0.1, -0.05) is 29.3 Å². The Morgan fingerprint density at radius 2 is 1.74 bits per heavy atom. The summed E-state index contributed by atoms with van der Waals surface area (Å²) < 4.78 is 24.4. The van der Waals surface area contributed by atoms with E-state index in [1.165, 1.54) is 0 Å². The van der Waals surface area contributed by atoms with Gasteiger partial charge in [-0.2, -0.15) is 0 Å².